The van der Waals surface area contributed by atoms with E-state index in [1.807, 2.05) is 13.8 Å². The van der Waals surface area contributed by atoms with E-state index < -0.39 is 0 Å². The summed E-state index contributed by atoms with van der Waals surface area (Å²) < 4.78 is 1.70. The largest absolute Gasteiger partial charge is 0.365 e. The lowest BCUT2D eigenvalue weighted by atomic mass is 9.74. The highest BCUT2D eigenvalue weighted by Crippen LogP contribution is 2.35. The average molecular weight is 278 g/mol. The lowest BCUT2D eigenvalue weighted by Crippen LogP contribution is -2.40. The highest BCUT2D eigenvalue weighted by atomic mass is 16.1. The van der Waals surface area contributed by atoms with Crippen molar-refractivity contribution in [1.82, 2.24) is 9.55 Å². The minimum Gasteiger partial charge on any atom is -0.365 e. The Labute approximate surface area is 120 Å². The summed E-state index contributed by atoms with van der Waals surface area (Å²) in [6.07, 6.45) is 9.46. The summed E-state index contributed by atoms with van der Waals surface area (Å²) in [6, 6.07) is 0.143. The van der Waals surface area contributed by atoms with Crippen LogP contribution in [0, 0.1) is 5.41 Å². The van der Waals surface area contributed by atoms with Gasteiger partial charge in [0.05, 0.1) is 0 Å². The highest BCUT2D eigenvalue weighted by Gasteiger charge is 2.30. The summed E-state index contributed by atoms with van der Waals surface area (Å²) in [5.74, 6) is 0.444. The van der Waals surface area contributed by atoms with Crippen molar-refractivity contribution >= 4 is 5.82 Å². The zero-order chi connectivity index (χ0) is 14.6. The van der Waals surface area contributed by atoms with E-state index in [-0.39, 0.29) is 17.0 Å². The summed E-state index contributed by atoms with van der Waals surface area (Å²) in [6.45, 7) is 5.40. The zero-order valence-electron chi connectivity index (χ0n) is 12.6. The molecule has 0 atom stereocenters. The van der Waals surface area contributed by atoms with Crippen LogP contribution in [0.25, 0.3) is 0 Å². The molecule has 1 aliphatic carbocycles. The van der Waals surface area contributed by atoms with E-state index in [0.29, 0.717) is 12.4 Å². The Morgan fingerprint density at radius 1 is 1.40 bits per heavy atom. The van der Waals surface area contributed by atoms with Crippen molar-refractivity contribution in [3.63, 3.8) is 0 Å². The van der Waals surface area contributed by atoms with Crippen LogP contribution < -0.4 is 16.6 Å². The predicted molar refractivity (Wildman–Crippen MR) is 81.9 cm³/mol. The number of rotatable bonds is 5. The van der Waals surface area contributed by atoms with Gasteiger partial charge in [-0.05, 0) is 38.6 Å². The highest BCUT2D eigenvalue weighted by molar-refractivity contribution is 5.31. The average Bonchev–Trinajstić information content (AvgIpc) is 2.47. The van der Waals surface area contributed by atoms with Crippen LogP contribution in [0.5, 0.6) is 0 Å². The number of anilines is 1. The first-order valence-electron chi connectivity index (χ1n) is 7.59. The van der Waals surface area contributed by atoms with Crippen LogP contribution in [0.3, 0.4) is 0 Å². The molecule has 0 radical (unpaired) electrons. The molecule has 0 bridgehead atoms. The first-order chi connectivity index (χ1) is 9.58. The Hall–Kier alpha value is -1.36. The molecule has 1 aliphatic rings. The Morgan fingerprint density at radius 2 is 2.10 bits per heavy atom. The normalized spacial score (nSPS) is 18.2. The van der Waals surface area contributed by atoms with Gasteiger partial charge in [-0.25, -0.2) is 4.98 Å². The van der Waals surface area contributed by atoms with Gasteiger partial charge in [0, 0.05) is 25.0 Å². The van der Waals surface area contributed by atoms with Crippen molar-refractivity contribution in [1.29, 1.82) is 0 Å². The van der Waals surface area contributed by atoms with Gasteiger partial charge in [0.2, 0.25) is 0 Å². The molecule has 1 fully saturated rings. The molecule has 20 heavy (non-hydrogen) atoms. The van der Waals surface area contributed by atoms with E-state index in [9.17, 15) is 4.79 Å². The van der Waals surface area contributed by atoms with Gasteiger partial charge in [0.15, 0.2) is 5.82 Å². The minimum atomic E-state index is -0.0505. The maximum atomic E-state index is 12.3. The van der Waals surface area contributed by atoms with Gasteiger partial charge in [-0.1, -0.05) is 19.3 Å². The van der Waals surface area contributed by atoms with Gasteiger partial charge in [-0.3, -0.25) is 4.79 Å². The van der Waals surface area contributed by atoms with Crippen molar-refractivity contribution in [2.24, 2.45) is 11.1 Å². The molecule has 0 spiro atoms. The van der Waals surface area contributed by atoms with Crippen molar-refractivity contribution in [3.8, 4) is 0 Å². The standard InChI is InChI=1S/C15H26N4O/c1-12(2)19-9-8-17-13(14(19)20)18-11-15(10-16)6-4-3-5-7-15/h8-9,12H,3-7,10-11,16H2,1-2H3,(H,17,18). The number of nitrogens with one attached hydrogen (secondary N) is 1. The number of nitrogens with two attached hydrogens (primary N) is 1. The van der Waals surface area contributed by atoms with E-state index in [0.717, 1.165) is 19.4 Å². The molecule has 0 unspecified atom stereocenters. The topological polar surface area (TPSA) is 72.9 Å². The van der Waals surface area contributed by atoms with E-state index in [1.165, 1.54) is 19.3 Å². The molecule has 112 valence electrons. The predicted octanol–water partition coefficient (Wildman–Crippen LogP) is 2.15. The molecular weight excluding hydrogens is 252 g/mol. The maximum Gasteiger partial charge on any atom is 0.293 e. The molecule has 1 heterocycles. The second kappa shape index (κ2) is 6.39. The third-order valence-electron chi connectivity index (χ3n) is 4.40. The fourth-order valence-corrected chi connectivity index (χ4v) is 2.98. The number of hydrogen-bond acceptors (Lipinski definition) is 4. The molecule has 3 N–H and O–H groups in total. The summed E-state index contributed by atoms with van der Waals surface area (Å²) in [7, 11) is 0. The lowest BCUT2D eigenvalue weighted by Gasteiger charge is -2.36. The van der Waals surface area contributed by atoms with Crippen LogP contribution >= 0.6 is 0 Å². The Balaban J connectivity index is 2.10. The van der Waals surface area contributed by atoms with Gasteiger partial charge in [0.25, 0.3) is 5.56 Å². The van der Waals surface area contributed by atoms with Crippen molar-refractivity contribution in [2.75, 3.05) is 18.4 Å². The maximum absolute atomic E-state index is 12.3. The van der Waals surface area contributed by atoms with Crippen LogP contribution in [-0.2, 0) is 0 Å². The molecule has 5 heteroatoms. The van der Waals surface area contributed by atoms with Crippen molar-refractivity contribution in [3.05, 3.63) is 22.7 Å². The number of hydrogen-bond donors (Lipinski definition) is 2. The van der Waals surface area contributed by atoms with Crippen LogP contribution in [-0.4, -0.2) is 22.6 Å². The monoisotopic (exact) mass is 278 g/mol. The Bertz CT molecular complexity index is 489. The molecule has 1 saturated carbocycles. The summed E-state index contributed by atoms with van der Waals surface area (Å²) in [5, 5.41) is 3.25. The first kappa shape index (κ1) is 15.0. The quantitative estimate of drug-likeness (QED) is 0.865. The van der Waals surface area contributed by atoms with Gasteiger partial charge in [-0.15, -0.1) is 0 Å². The van der Waals surface area contributed by atoms with E-state index >= 15 is 0 Å². The molecule has 5 nitrogen and oxygen atoms in total. The molecule has 2 rings (SSSR count). The molecule has 0 saturated heterocycles. The molecule has 0 aliphatic heterocycles. The molecule has 1 aromatic rings. The van der Waals surface area contributed by atoms with Gasteiger partial charge < -0.3 is 15.6 Å². The third kappa shape index (κ3) is 3.20. The molecule has 0 aromatic carbocycles. The van der Waals surface area contributed by atoms with Crippen molar-refractivity contribution in [2.45, 2.75) is 52.0 Å². The Morgan fingerprint density at radius 3 is 2.70 bits per heavy atom. The summed E-state index contributed by atoms with van der Waals surface area (Å²) in [4.78, 5) is 16.5. The fraction of sp³-hybridized carbons (Fsp3) is 0.733. The zero-order valence-corrected chi connectivity index (χ0v) is 12.6. The van der Waals surface area contributed by atoms with Crippen molar-refractivity contribution < 1.29 is 0 Å². The summed E-state index contributed by atoms with van der Waals surface area (Å²) >= 11 is 0. The molecule has 1 aromatic heterocycles. The van der Waals surface area contributed by atoms with Gasteiger partial charge in [0.1, 0.15) is 0 Å². The second-order valence-corrected chi connectivity index (χ2v) is 6.20. The smallest absolute Gasteiger partial charge is 0.293 e. The van der Waals surface area contributed by atoms with E-state index in [4.69, 9.17) is 5.73 Å². The summed E-state index contributed by atoms with van der Waals surface area (Å²) in [5.41, 5.74) is 6.05. The van der Waals surface area contributed by atoms with Crippen LogP contribution in [0.4, 0.5) is 5.82 Å². The van der Waals surface area contributed by atoms with Crippen LogP contribution in [0.2, 0.25) is 0 Å². The Kier molecular flexibility index (Phi) is 4.81. The van der Waals surface area contributed by atoms with Crippen LogP contribution in [0.1, 0.15) is 52.0 Å². The SMILES string of the molecule is CC(C)n1ccnc(NCC2(CN)CCCCC2)c1=O. The third-order valence-corrected chi connectivity index (χ3v) is 4.40. The molecular formula is C15H26N4O. The van der Waals surface area contributed by atoms with Crippen LogP contribution in [0.15, 0.2) is 17.2 Å². The van der Waals surface area contributed by atoms with Gasteiger partial charge >= 0.3 is 0 Å². The fourth-order valence-electron chi connectivity index (χ4n) is 2.98. The molecule has 0 amide bonds. The number of nitrogens with zero attached hydrogens (tertiary/aromatic N) is 2. The minimum absolute atomic E-state index is 0.0505. The van der Waals surface area contributed by atoms with Gasteiger partial charge in [-0.2, -0.15) is 0 Å². The number of aromatic nitrogens is 2. The first-order valence-corrected chi connectivity index (χ1v) is 7.59. The van der Waals surface area contributed by atoms with E-state index in [2.05, 4.69) is 10.3 Å². The van der Waals surface area contributed by atoms with E-state index in [1.54, 1.807) is 17.0 Å². The second-order valence-electron chi connectivity index (χ2n) is 6.20. The lowest BCUT2D eigenvalue weighted by molar-refractivity contribution is 0.215.